The second-order valence-corrected chi connectivity index (χ2v) is 8.45. The van der Waals surface area contributed by atoms with Crippen LogP contribution >= 0.6 is 11.3 Å². The van der Waals surface area contributed by atoms with Gasteiger partial charge in [-0.2, -0.15) is 0 Å². The van der Waals surface area contributed by atoms with Gasteiger partial charge in [0.25, 0.3) is 5.91 Å². The van der Waals surface area contributed by atoms with Crippen molar-refractivity contribution in [1.82, 2.24) is 14.3 Å². The number of thiazole rings is 1. The van der Waals surface area contributed by atoms with Crippen LogP contribution in [0.1, 0.15) is 15.9 Å². The molecule has 0 saturated carbocycles. The lowest BCUT2D eigenvalue weighted by atomic mass is 10.1. The van der Waals surface area contributed by atoms with Crippen molar-refractivity contribution in [2.45, 2.75) is 6.54 Å². The predicted molar refractivity (Wildman–Crippen MR) is 125 cm³/mol. The molecule has 0 saturated heterocycles. The van der Waals surface area contributed by atoms with Crippen LogP contribution in [0.15, 0.2) is 79.0 Å². The first-order valence-corrected chi connectivity index (χ1v) is 10.8. The van der Waals surface area contributed by atoms with Crippen LogP contribution in [-0.2, 0) is 6.54 Å². The molecule has 0 N–H and O–H groups in total. The van der Waals surface area contributed by atoms with Gasteiger partial charge in [-0.15, -0.1) is 0 Å². The molecule has 3 aromatic carbocycles. The van der Waals surface area contributed by atoms with Crippen LogP contribution in [0.3, 0.4) is 0 Å². The zero-order valence-electron chi connectivity index (χ0n) is 17.3. The fourth-order valence-corrected chi connectivity index (χ4v) is 4.73. The van der Waals surface area contributed by atoms with Crippen LogP contribution in [0.4, 0.5) is 0 Å². The Balaban J connectivity index is 1.43. The summed E-state index contributed by atoms with van der Waals surface area (Å²) in [5, 5.41) is 0. The Morgan fingerprint density at radius 2 is 1.84 bits per heavy atom. The standard InChI is InChI=1S/C25H21N3O2S/c1-27(15-17-6-4-3-5-7-17)24(29)19-10-13-22-23(14-19)31-25-26-21(16-28(22)25)18-8-11-20(30-2)12-9-18/h3-14,16H,15H2,1-2H3. The summed E-state index contributed by atoms with van der Waals surface area (Å²) in [6.07, 6.45) is 2.04. The van der Waals surface area contributed by atoms with Crippen LogP contribution in [0.25, 0.3) is 26.4 Å². The Morgan fingerprint density at radius 1 is 1.06 bits per heavy atom. The Hall–Kier alpha value is -3.64. The summed E-state index contributed by atoms with van der Waals surface area (Å²) in [6.45, 7) is 0.580. The molecule has 5 aromatic rings. The van der Waals surface area contributed by atoms with Crippen LogP contribution in [0.5, 0.6) is 5.75 Å². The molecule has 0 bridgehead atoms. The zero-order valence-corrected chi connectivity index (χ0v) is 18.1. The van der Waals surface area contributed by atoms with Crippen LogP contribution in [0.2, 0.25) is 0 Å². The number of benzene rings is 3. The first-order valence-electron chi connectivity index (χ1n) is 9.98. The fraction of sp³-hybridized carbons (Fsp3) is 0.120. The number of rotatable bonds is 5. The third-order valence-electron chi connectivity index (χ3n) is 5.34. The molecule has 0 aliphatic rings. The average Bonchev–Trinajstić information content (AvgIpc) is 3.37. The molecule has 0 aliphatic heterocycles. The van der Waals surface area contributed by atoms with E-state index in [0.29, 0.717) is 12.1 Å². The summed E-state index contributed by atoms with van der Waals surface area (Å²) in [7, 11) is 3.49. The third kappa shape index (κ3) is 3.66. The van der Waals surface area contributed by atoms with Crippen LogP contribution in [0, 0.1) is 0 Å². The van der Waals surface area contributed by atoms with E-state index in [1.165, 1.54) is 0 Å². The van der Waals surface area contributed by atoms with Gasteiger partial charge in [0, 0.05) is 30.9 Å². The van der Waals surface area contributed by atoms with Gasteiger partial charge < -0.3 is 9.64 Å². The van der Waals surface area contributed by atoms with Crippen molar-refractivity contribution in [1.29, 1.82) is 0 Å². The van der Waals surface area contributed by atoms with E-state index in [1.54, 1.807) is 23.3 Å². The summed E-state index contributed by atoms with van der Waals surface area (Å²) in [5.41, 5.74) is 4.80. The summed E-state index contributed by atoms with van der Waals surface area (Å²) in [6, 6.07) is 23.8. The molecule has 0 spiro atoms. The Kier molecular flexibility index (Phi) is 4.92. The number of ether oxygens (including phenoxy) is 1. The second-order valence-electron chi connectivity index (χ2n) is 7.44. The van der Waals surface area contributed by atoms with E-state index in [2.05, 4.69) is 4.40 Å². The van der Waals surface area contributed by atoms with Gasteiger partial charge in [0.05, 0.1) is 23.0 Å². The maximum Gasteiger partial charge on any atom is 0.253 e. The highest BCUT2D eigenvalue weighted by molar-refractivity contribution is 7.23. The maximum absolute atomic E-state index is 12.9. The van der Waals surface area contributed by atoms with Gasteiger partial charge in [-0.3, -0.25) is 9.20 Å². The van der Waals surface area contributed by atoms with Gasteiger partial charge >= 0.3 is 0 Å². The Morgan fingerprint density at radius 3 is 2.58 bits per heavy atom. The molecule has 0 unspecified atom stereocenters. The number of hydrogen-bond acceptors (Lipinski definition) is 4. The topological polar surface area (TPSA) is 46.8 Å². The quantitative estimate of drug-likeness (QED) is 0.372. The van der Waals surface area contributed by atoms with Crippen molar-refractivity contribution >= 4 is 32.4 Å². The summed E-state index contributed by atoms with van der Waals surface area (Å²) < 4.78 is 8.36. The predicted octanol–water partition coefficient (Wildman–Crippen LogP) is 5.50. The molecular weight excluding hydrogens is 406 g/mol. The molecule has 0 radical (unpaired) electrons. The largest absolute Gasteiger partial charge is 0.497 e. The molecule has 0 aliphatic carbocycles. The van der Waals surface area contributed by atoms with E-state index >= 15 is 0 Å². The molecule has 31 heavy (non-hydrogen) atoms. The van der Waals surface area contributed by atoms with Crippen LogP contribution < -0.4 is 4.74 Å². The van der Waals surface area contributed by atoms with E-state index in [1.807, 2.05) is 86.0 Å². The number of amides is 1. The molecular formula is C25H21N3O2S. The lowest BCUT2D eigenvalue weighted by Gasteiger charge is -2.17. The summed E-state index contributed by atoms with van der Waals surface area (Å²) in [4.78, 5) is 20.4. The van der Waals surface area contributed by atoms with Gasteiger partial charge in [0.2, 0.25) is 0 Å². The number of methoxy groups -OCH3 is 1. The van der Waals surface area contributed by atoms with Gasteiger partial charge in [-0.25, -0.2) is 4.98 Å². The van der Waals surface area contributed by atoms with Crippen molar-refractivity contribution < 1.29 is 9.53 Å². The molecule has 5 rings (SSSR count). The van der Waals surface area contributed by atoms with E-state index in [0.717, 1.165) is 37.7 Å². The first-order chi connectivity index (χ1) is 15.1. The molecule has 0 atom stereocenters. The van der Waals surface area contributed by atoms with E-state index in [4.69, 9.17) is 9.72 Å². The highest BCUT2D eigenvalue weighted by atomic mass is 32.1. The number of hydrogen-bond donors (Lipinski definition) is 0. The minimum absolute atomic E-state index is 0.00992. The van der Waals surface area contributed by atoms with E-state index < -0.39 is 0 Å². The lowest BCUT2D eigenvalue weighted by molar-refractivity contribution is 0.0785. The Bertz CT molecular complexity index is 1370. The fourth-order valence-electron chi connectivity index (χ4n) is 3.68. The van der Waals surface area contributed by atoms with E-state index in [9.17, 15) is 4.79 Å². The van der Waals surface area contributed by atoms with Gasteiger partial charge in [-0.1, -0.05) is 41.7 Å². The molecule has 2 aromatic heterocycles. The van der Waals surface area contributed by atoms with Gasteiger partial charge in [-0.05, 0) is 48.0 Å². The zero-order chi connectivity index (χ0) is 21.4. The molecule has 154 valence electrons. The minimum atomic E-state index is 0.00992. The maximum atomic E-state index is 12.9. The molecule has 1 amide bonds. The number of nitrogens with zero attached hydrogens (tertiary/aromatic N) is 3. The van der Waals surface area contributed by atoms with Crippen molar-refractivity contribution in [3.63, 3.8) is 0 Å². The highest BCUT2D eigenvalue weighted by Crippen LogP contribution is 2.31. The molecule has 0 fully saturated rings. The summed E-state index contributed by atoms with van der Waals surface area (Å²) in [5.74, 6) is 0.834. The highest BCUT2D eigenvalue weighted by Gasteiger charge is 2.16. The summed E-state index contributed by atoms with van der Waals surface area (Å²) >= 11 is 1.59. The Labute approximate surface area is 184 Å². The molecule has 2 heterocycles. The number of carbonyl (C=O) groups is 1. The number of carbonyl (C=O) groups excluding carboxylic acids is 1. The number of fused-ring (bicyclic) bond motifs is 3. The van der Waals surface area contributed by atoms with Crippen LogP contribution in [-0.4, -0.2) is 34.3 Å². The number of aromatic nitrogens is 2. The normalized spacial score (nSPS) is 11.2. The van der Waals surface area contributed by atoms with Gasteiger partial charge in [0.1, 0.15) is 5.75 Å². The third-order valence-corrected chi connectivity index (χ3v) is 6.35. The molecule has 6 heteroatoms. The van der Waals surface area contributed by atoms with Crippen molar-refractivity contribution in [2.75, 3.05) is 14.2 Å². The monoisotopic (exact) mass is 427 g/mol. The lowest BCUT2D eigenvalue weighted by Crippen LogP contribution is -2.26. The van der Waals surface area contributed by atoms with Gasteiger partial charge in [0.15, 0.2) is 4.96 Å². The second kappa shape index (κ2) is 7.89. The minimum Gasteiger partial charge on any atom is -0.497 e. The van der Waals surface area contributed by atoms with E-state index in [-0.39, 0.29) is 5.91 Å². The average molecular weight is 428 g/mol. The van der Waals surface area contributed by atoms with Crippen molar-refractivity contribution in [2.24, 2.45) is 0 Å². The van der Waals surface area contributed by atoms with Crippen molar-refractivity contribution in [3.8, 4) is 17.0 Å². The SMILES string of the molecule is COc1ccc(-c2cn3c(n2)sc2cc(C(=O)N(C)Cc4ccccc4)ccc23)cc1. The number of imidazole rings is 1. The molecule has 5 nitrogen and oxygen atoms in total. The smallest absolute Gasteiger partial charge is 0.253 e. The first kappa shape index (κ1) is 19.3. The van der Waals surface area contributed by atoms with Crippen molar-refractivity contribution in [3.05, 3.63) is 90.1 Å².